The number of ether oxygens (including phenoxy) is 1. The minimum Gasteiger partial charge on any atom is -0.497 e. The number of nitrogens with one attached hydrogen (secondary N) is 1. The smallest absolute Gasteiger partial charge is 0.325 e. The Balaban J connectivity index is 1.54. The first-order valence-electron chi connectivity index (χ1n) is 9.48. The van der Waals surface area contributed by atoms with Crippen LogP contribution < -0.4 is 4.74 Å². The molecule has 1 aliphatic heterocycles. The molecule has 146 valence electrons. The SMILES string of the molecule is COc1ccc2cc(C(C(=O)O)N3CCC(c4n[nH]c(C)n4)CC3)ccc2c1. The Morgan fingerprint density at radius 2 is 1.93 bits per heavy atom. The van der Waals surface area contributed by atoms with Gasteiger partial charge in [0, 0.05) is 5.92 Å². The minimum atomic E-state index is -0.819. The molecule has 0 bridgehead atoms. The number of piperidine rings is 1. The lowest BCUT2D eigenvalue weighted by Crippen LogP contribution is -2.39. The van der Waals surface area contributed by atoms with E-state index in [1.54, 1.807) is 7.11 Å². The van der Waals surface area contributed by atoms with Gasteiger partial charge in [-0.15, -0.1) is 0 Å². The van der Waals surface area contributed by atoms with Gasteiger partial charge in [-0.1, -0.05) is 18.2 Å². The zero-order valence-corrected chi connectivity index (χ0v) is 16.1. The van der Waals surface area contributed by atoms with E-state index in [1.165, 1.54) is 0 Å². The number of nitrogens with zero attached hydrogens (tertiary/aromatic N) is 3. The average Bonchev–Trinajstić information content (AvgIpc) is 3.14. The van der Waals surface area contributed by atoms with Crippen LogP contribution >= 0.6 is 0 Å². The fourth-order valence-electron chi connectivity index (χ4n) is 4.01. The molecule has 0 saturated carbocycles. The highest BCUT2D eigenvalue weighted by Gasteiger charge is 2.32. The lowest BCUT2D eigenvalue weighted by atomic mass is 9.93. The maximum Gasteiger partial charge on any atom is 0.325 e. The lowest BCUT2D eigenvalue weighted by Gasteiger charge is -2.35. The van der Waals surface area contributed by atoms with Crippen molar-refractivity contribution < 1.29 is 14.6 Å². The summed E-state index contributed by atoms with van der Waals surface area (Å²) < 4.78 is 5.27. The second-order valence-electron chi connectivity index (χ2n) is 7.30. The molecule has 4 rings (SSSR count). The standard InChI is InChI=1S/C21H24N4O3/c1-13-22-20(24-23-13)14-7-9-25(10-8-14)19(21(26)27)17-4-3-16-12-18(28-2)6-5-15(16)11-17/h3-6,11-12,14,19H,7-10H2,1-2H3,(H,26,27)(H,22,23,24). The number of carboxylic acid groups (broad SMARTS) is 1. The predicted molar refractivity (Wildman–Crippen MR) is 106 cm³/mol. The highest BCUT2D eigenvalue weighted by atomic mass is 16.5. The maximum atomic E-state index is 12.1. The number of carbonyl (C=O) groups is 1. The van der Waals surface area contributed by atoms with Crippen molar-refractivity contribution in [1.29, 1.82) is 0 Å². The molecule has 2 N–H and O–H groups in total. The Labute approximate surface area is 163 Å². The third-order valence-corrected chi connectivity index (χ3v) is 5.50. The van der Waals surface area contributed by atoms with Crippen molar-refractivity contribution in [1.82, 2.24) is 20.1 Å². The van der Waals surface area contributed by atoms with Crippen LogP contribution in [0.1, 0.15) is 42.0 Å². The summed E-state index contributed by atoms with van der Waals surface area (Å²) in [5.41, 5.74) is 0.803. The molecule has 1 saturated heterocycles. The van der Waals surface area contributed by atoms with E-state index in [1.807, 2.05) is 48.2 Å². The minimum absolute atomic E-state index is 0.278. The van der Waals surface area contributed by atoms with Gasteiger partial charge in [-0.2, -0.15) is 5.10 Å². The molecule has 0 amide bonds. The van der Waals surface area contributed by atoms with E-state index in [9.17, 15) is 9.90 Å². The number of rotatable bonds is 5. The van der Waals surface area contributed by atoms with E-state index in [2.05, 4.69) is 15.2 Å². The van der Waals surface area contributed by atoms with Crippen molar-refractivity contribution in [3.63, 3.8) is 0 Å². The average molecular weight is 380 g/mol. The summed E-state index contributed by atoms with van der Waals surface area (Å²) in [6, 6.07) is 11.0. The van der Waals surface area contributed by atoms with Crippen molar-refractivity contribution in [2.75, 3.05) is 20.2 Å². The first kappa shape index (κ1) is 18.4. The molecule has 0 radical (unpaired) electrons. The van der Waals surface area contributed by atoms with Gasteiger partial charge in [0.05, 0.1) is 7.11 Å². The van der Waals surface area contributed by atoms with Gasteiger partial charge in [-0.3, -0.25) is 14.8 Å². The third kappa shape index (κ3) is 3.57. The predicted octanol–water partition coefficient (Wildman–Crippen LogP) is 3.28. The first-order valence-corrected chi connectivity index (χ1v) is 9.48. The van der Waals surface area contributed by atoms with Crippen molar-refractivity contribution in [3.05, 3.63) is 53.6 Å². The molecule has 1 aliphatic rings. The molecule has 1 fully saturated rings. The van der Waals surface area contributed by atoms with Crippen molar-refractivity contribution >= 4 is 16.7 Å². The number of hydrogen-bond acceptors (Lipinski definition) is 5. The number of aliphatic carboxylic acids is 1. The summed E-state index contributed by atoms with van der Waals surface area (Å²) in [4.78, 5) is 18.6. The van der Waals surface area contributed by atoms with Crippen LogP contribution in [0, 0.1) is 6.92 Å². The highest BCUT2D eigenvalue weighted by molar-refractivity contribution is 5.86. The Hall–Kier alpha value is -2.93. The van der Waals surface area contributed by atoms with E-state index in [0.717, 1.165) is 46.6 Å². The van der Waals surface area contributed by atoms with Crippen LogP contribution in [0.4, 0.5) is 0 Å². The van der Waals surface area contributed by atoms with Crippen LogP contribution in [0.15, 0.2) is 36.4 Å². The molecule has 1 atom stereocenters. The van der Waals surface area contributed by atoms with Gasteiger partial charge in [-0.05, 0) is 67.4 Å². The quantitative estimate of drug-likeness (QED) is 0.706. The number of hydrogen-bond donors (Lipinski definition) is 2. The number of aromatic nitrogens is 3. The molecule has 7 nitrogen and oxygen atoms in total. The number of aryl methyl sites for hydroxylation is 1. The van der Waals surface area contributed by atoms with Crippen molar-refractivity contribution in [2.24, 2.45) is 0 Å². The Morgan fingerprint density at radius 1 is 1.21 bits per heavy atom. The number of H-pyrrole nitrogens is 1. The molecule has 1 aromatic heterocycles. The summed E-state index contributed by atoms with van der Waals surface area (Å²) in [6.45, 7) is 3.30. The maximum absolute atomic E-state index is 12.1. The van der Waals surface area contributed by atoms with Crippen LogP contribution in [0.5, 0.6) is 5.75 Å². The number of likely N-dealkylation sites (tertiary alicyclic amines) is 1. The van der Waals surface area contributed by atoms with Crippen molar-refractivity contribution in [3.8, 4) is 5.75 Å². The molecule has 0 aliphatic carbocycles. The van der Waals surface area contributed by atoms with Gasteiger partial charge >= 0.3 is 5.97 Å². The number of aromatic amines is 1. The third-order valence-electron chi connectivity index (χ3n) is 5.50. The van der Waals surface area contributed by atoms with Gasteiger partial charge in [0.15, 0.2) is 5.82 Å². The van der Waals surface area contributed by atoms with E-state index < -0.39 is 12.0 Å². The molecule has 2 heterocycles. The van der Waals surface area contributed by atoms with Crippen LogP contribution in [-0.2, 0) is 4.79 Å². The second kappa shape index (κ2) is 7.59. The first-order chi connectivity index (χ1) is 13.5. The van der Waals surface area contributed by atoms with E-state index in [4.69, 9.17) is 4.74 Å². The highest BCUT2D eigenvalue weighted by Crippen LogP contribution is 2.32. The summed E-state index contributed by atoms with van der Waals surface area (Å²) >= 11 is 0. The molecule has 2 aromatic carbocycles. The second-order valence-corrected chi connectivity index (χ2v) is 7.30. The van der Waals surface area contributed by atoms with Gasteiger partial charge < -0.3 is 9.84 Å². The Morgan fingerprint density at radius 3 is 2.57 bits per heavy atom. The fourth-order valence-corrected chi connectivity index (χ4v) is 4.01. The van der Waals surface area contributed by atoms with E-state index >= 15 is 0 Å². The van der Waals surface area contributed by atoms with Crippen LogP contribution in [0.25, 0.3) is 10.8 Å². The summed E-state index contributed by atoms with van der Waals surface area (Å²) in [5, 5.41) is 19.1. The molecule has 7 heteroatoms. The van der Waals surface area contributed by atoms with Gasteiger partial charge in [0.2, 0.25) is 0 Å². The van der Waals surface area contributed by atoms with Gasteiger partial charge in [0.25, 0.3) is 0 Å². The summed E-state index contributed by atoms with van der Waals surface area (Å²) in [5.74, 6) is 1.90. The topological polar surface area (TPSA) is 91.3 Å². The lowest BCUT2D eigenvalue weighted by molar-refractivity contribution is -0.144. The van der Waals surface area contributed by atoms with Crippen LogP contribution in [-0.4, -0.2) is 51.4 Å². The number of methoxy groups -OCH3 is 1. The Kier molecular flexibility index (Phi) is 5.00. The van der Waals surface area contributed by atoms with Crippen LogP contribution in [0.2, 0.25) is 0 Å². The Bertz CT molecular complexity index is 992. The normalized spacial score (nSPS) is 16.9. The molecular formula is C21H24N4O3. The van der Waals surface area contributed by atoms with Gasteiger partial charge in [-0.25, -0.2) is 4.98 Å². The molecule has 28 heavy (non-hydrogen) atoms. The summed E-state index contributed by atoms with van der Waals surface area (Å²) in [6.07, 6.45) is 1.71. The zero-order chi connectivity index (χ0) is 19.7. The largest absolute Gasteiger partial charge is 0.497 e. The monoisotopic (exact) mass is 380 g/mol. The van der Waals surface area contributed by atoms with E-state index in [0.29, 0.717) is 13.1 Å². The van der Waals surface area contributed by atoms with Gasteiger partial charge in [0.1, 0.15) is 17.6 Å². The van der Waals surface area contributed by atoms with Crippen LogP contribution in [0.3, 0.4) is 0 Å². The molecule has 1 unspecified atom stereocenters. The molecule has 3 aromatic rings. The van der Waals surface area contributed by atoms with Crippen molar-refractivity contribution in [2.45, 2.75) is 31.7 Å². The fraction of sp³-hybridized carbons (Fsp3) is 0.381. The molecular weight excluding hydrogens is 356 g/mol. The number of fused-ring (bicyclic) bond motifs is 1. The number of carboxylic acids is 1. The summed E-state index contributed by atoms with van der Waals surface area (Å²) in [7, 11) is 1.64. The zero-order valence-electron chi connectivity index (χ0n) is 16.1. The van der Waals surface area contributed by atoms with E-state index in [-0.39, 0.29) is 5.92 Å². The molecule has 0 spiro atoms. The number of benzene rings is 2.